The zero-order valence-corrected chi connectivity index (χ0v) is 12.2. The summed E-state index contributed by atoms with van der Waals surface area (Å²) >= 11 is 5.98. The zero-order chi connectivity index (χ0) is 14.7. The second kappa shape index (κ2) is 5.97. The minimum atomic E-state index is -1.01. The average molecular weight is 290 g/mol. The van der Waals surface area contributed by atoms with E-state index in [1.165, 1.54) is 17.2 Å². The second-order valence-corrected chi connectivity index (χ2v) is 5.22. The number of anilines is 1. The fourth-order valence-electron chi connectivity index (χ4n) is 1.97. The molecule has 3 nitrogen and oxygen atoms in total. The molecule has 0 spiro atoms. The molecule has 0 aromatic heterocycles. The van der Waals surface area contributed by atoms with Gasteiger partial charge in [0.1, 0.15) is 0 Å². The number of carbonyl (C=O) groups is 1. The standard InChI is InChI=1S/C16H16ClNO2/c1-11-3-5-12(6-4-11)10-18(2)13-7-8-14(16(19)20)15(17)9-13/h3-9H,10H2,1-2H3,(H,19,20). The van der Waals surface area contributed by atoms with Crippen LogP contribution in [0.25, 0.3) is 0 Å². The smallest absolute Gasteiger partial charge is 0.337 e. The molecule has 0 amide bonds. The number of aromatic carboxylic acids is 1. The van der Waals surface area contributed by atoms with Crippen molar-refractivity contribution in [2.45, 2.75) is 13.5 Å². The number of carboxylic acid groups (broad SMARTS) is 1. The van der Waals surface area contributed by atoms with E-state index in [0.717, 1.165) is 12.2 Å². The molecule has 0 heterocycles. The SMILES string of the molecule is Cc1ccc(CN(C)c2ccc(C(=O)O)c(Cl)c2)cc1. The van der Waals surface area contributed by atoms with Crippen molar-refractivity contribution in [2.24, 2.45) is 0 Å². The Kier molecular flexibility index (Phi) is 4.30. The molecule has 20 heavy (non-hydrogen) atoms. The van der Waals surface area contributed by atoms with E-state index >= 15 is 0 Å². The van der Waals surface area contributed by atoms with Crippen molar-refractivity contribution in [3.8, 4) is 0 Å². The Morgan fingerprint density at radius 3 is 2.40 bits per heavy atom. The van der Waals surface area contributed by atoms with Gasteiger partial charge >= 0.3 is 5.97 Å². The number of carboxylic acids is 1. The first-order valence-electron chi connectivity index (χ1n) is 6.27. The molecule has 0 atom stereocenters. The Hall–Kier alpha value is -2.00. The maximum absolute atomic E-state index is 10.9. The lowest BCUT2D eigenvalue weighted by Gasteiger charge is -2.20. The molecule has 1 N–H and O–H groups in total. The molecule has 2 aromatic carbocycles. The van der Waals surface area contributed by atoms with E-state index in [1.54, 1.807) is 12.1 Å². The van der Waals surface area contributed by atoms with E-state index in [2.05, 4.69) is 31.2 Å². The molecule has 0 aliphatic carbocycles. The summed E-state index contributed by atoms with van der Waals surface area (Å²) in [6.07, 6.45) is 0. The van der Waals surface area contributed by atoms with Gasteiger partial charge in [-0.1, -0.05) is 41.4 Å². The predicted molar refractivity (Wildman–Crippen MR) is 81.7 cm³/mol. The average Bonchev–Trinajstić information content (AvgIpc) is 2.40. The summed E-state index contributed by atoms with van der Waals surface area (Å²) in [5.41, 5.74) is 3.43. The van der Waals surface area contributed by atoms with E-state index < -0.39 is 5.97 Å². The molecule has 104 valence electrons. The number of nitrogens with zero attached hydrogens (tertiary/aromatic N) is 1. The Labute approximate surface area is 123 Å². The first-order valence-corrected chi connectivity index (χ1v) is 6.64. The maximum Gasteiger partial charge on any atom is 0.337 e. The van der Waals surface area contributed by atoms with Gasteiger partial charge in [-0.15, -0.1) is 0 Å². The number of hydrogen-bond acceptors (Lipinski definition) is 2. The third kappa shape index (κ3) is 3.31. The normalized spacial score (nSPS) is 10.3. The first kappa shape index (κ1) is 14.4. The zero-order valence-electron chi connectivity index (χ0n) is 11.4. The quantitative estimate of drug-likeness (QED) is 0.925. The number of halogens is 1. The molecule has 0 bridgehead atoms. The Balaban J connectivity index is 2.17. The van der Waals surface area contributed by atoms with E-state index in [-0.39, 0.29) is 10.6 Å². The van der Waals surface area contributed by atoms with Crippen LogP contribution in [0, 0.1) is 6.92 Å². The topological polar surface area (TPSA) is 40.5 Å². The van der Waals surface area contributed by atoms with Crippen LogP contribution in [0.5, 0.6) is 0 Å². The van der Waals surface area contributed by atoms with Crippen LogP contribution in [-0.4, -0.2) is 18.1 Å². The van der Waals surface area contributed by atoms with Crippen LogP contribution >= 0.6 is 11.6 Å². The second-order valence-electron chi connectivity index (χ2n) is 4.81. The number of benzene rings is 2. The highest BCUT2D eigenvalue weighted by atomic mass is 35.5. The van der Waals surface area contributed by atoms with Gasteiger partial charge in [-0.3, -0.25) is 0 Å². The Morgan fingerprint density at radius 1 is 1.20 bits per heavy atom. The van der Waals surface area contributed by atoms with Gasteiger partial charge in [0.05, 0.1) is 10.6 Å². The molecule has 0 fully saturated rings. The summed E-state index contributed by atoms with van der Waals surface area (Å²) in [7, 11) is 1.95. The Morgan fingerprint density at radius 2 is 1.85 bits per heavy atom. The largest absolute Gasteiger partial charge is 0.478 e. The molecule has 0 saturated carbocycles. The van der Waals surface area contributed by atoms with Crippen LogP contribution in [0.4, 0.5) is 5.69 Å². The molecular formula is C16H16ClNO2. The highest BCUT2D eigenvalue weighted by Gasteiger charge is 2.10. The van der Waals surface area contributed by atoms with Gasteiger partial charge in [-0.2, -0.15) is 0 Å². The van der Waals surface area contributed by atoms with Crippen LogP contribution < -0.4 is 4.90 Å². The van der Waals surface area contributed by atoms with Crippen molar-refractivity contribution in [3.05, 3.63) is 64.2 Å². The summed E-state index contributed by atoms with van der Waals surface area (Å²) in [6, 6.07) is 13.3. The van der Waals surface area contributed by atoms with Crippen molar-refractivity contribution >= 4 is 23.3 Å². The third-order valence-electron chi connectivity index (χ3n) is 3.16. The Bertz CT molecular complexity index is 623. The molecule has 0 aliphatic rings. The minimum absolute atomic E-state index is 0.124. The number of aryl methyl sites for hydroxylation is 1. The minimum Gasteiger partial charge on any atom is -0.478 e. The molecule has 2 rings (SSSR count). The monoisotopic (exact) mass is 289 g/mol. The lowest BCUT2D eigenvalue weighted by atomic mass is 10.1. The van der Waals surface area contributed by atoms with E-state index in [9.17, 15) is 4.79 Å². The van der Waals surface area contributed by atoms with Gasteiger partial charge in [-0.05, 0) is 30.7 Å². The third-order valence-corrected chi connectivity index (χ3v) is 3.48. The molecule has 0 aliphatic heterocycles. The molecule has 4 heteroatoms. The van der Waals surface area contributed by atoms with Crippen molar-refractivity contribution in [1.82, 2.24) is 0 Å². The van der Waals surface area contributed by atoms with Crippen molar-refractivity contribution < 1.29 is 9.90 Å². The molecule has 0 saturated heterocycles. The predicted octanol–water partition coefficient (Wildman–Crippen LogP) is 3.98. The van der Waals surface area contributed by atoms with Gasteiger partial charge in [-0.25, -0.2) is 4.79 Å². The van der Waals surface area contributed by atoms with Gasteiger partial charge < -0.3 is 10.0 Å². The lowest BCUT2D eigenvalue weighted by Crippen LogP contribution is -2.16. The van der Waals surface area contributed by atoms with Crippen LogP contribution in [0.2, 0.25) is 5.02 Å². The van der Waals surface area contributed by atoms with Crippen molar-refractivity contribution in [3.63, 3.8) is 0 Å². The fraction of sp³-hybridized carbons (Fsp3) is 0.188. The fourth-order valence-corrected chi connectivity index (χ4v) is 2.23. The van der Waals surface area contributed by atoms with Gasteiger partial charge in [0.15, 0.2) is 0 Å². The summed E-state index contributed by atoms with van der Waals surface area (Å²) in [5.74, 6) is -1.01. The summed E-state index contributed by atoms with van der Waals surface area (Å²) < 4.78 is 0. The van der Waals surface area contributed by atoms with Crippen molar-refractivity contribution in [1.29, 1.82) is 0 Å². The lowest BCUT2D eigenvalue weighted by molar-refractivity contribution is 0.0697. The summed E-state index contributed by atoms with van der Waals surface area (Å²) in [5, 5.41) is 9.21. The summed E-state index contributed by atoms with van der Waals surface area (Å²) in [4.78, 5) is 13.0. The highest BCUT2D eigenvalue weighted by Crippen LogP contribution is 2.24. The van der Waals surface area contributed by atoms with Crippen LogP contribution in [0.1, 0.15) is 21.5 Å². The summed E-state index contributed by atoms with van der Waals surface area (Å²) in [6.45, 7) is 2.79. The van der Waals surface area contributed by atoms with Crippen LogP contribution in [-0.2, 0) is 6.54 Å². The molecule has 0 unspecified atom stereocenters. The van der Waals surface area contributed by atoms with E-state index in [4.69, 9.17) is 16.7 Å². The van der Waals surface area contributed by atoms with Gasteiger partial charge in [0, 0.05) is 19.3 Å². The first-order chi connectivity index (χ1) is 9.47. The van der Waals surface area contributed by atoms with Crippen molar-refractivity contribution in [2.75, 3.05) is 11.9 Å². The van der Waals surface area contributed by atoms with Gasteiger partial charge in [0.2, 0.25) is 0 Å². The van der Waals surface area contributed by atoms with E-state index in [1.807, 2.05) is 11.9 Å². The molecule has 2 aromatic rings. The van der Waals surface area contributed by atoms with Crippen LogP contribution in [0.3, 0.4) is 0 Å². The number of rotatable bonds is 4. The molecular weight excluding hydrogens is 274 g/mol. The highest BCUT2D eigenvalue weighted by molar-refractivity contribution is 6.33. The molecule has 0 radical (unpaired) electrons. The van der Waals surface area contributed by atoms with Crippen LogP contribution in [0.15, 0.2) is 42.5 Å². The maximum atomic E-state index is 10.9. The van der Waals surface area contributed by atoms with Gasteiger partial charge in [0.25, 0.3) is 0 Å². The van der Waals surface area contributed by atoms with E-state index in [0.29, 0.717) is 0 Å². The number of hydrogen-bond donors (Lipinski definition) is 1.